The van der Waals surface area contributed by atoms with Crippen molar-refractivity contribution in [1.82, 2.24) is 4.98 Å². The number of nitrogens with zero attached hydrogens (tertiary/aromatic N) is 1. The molecule has 0 bridgehead atoms. The van der Waals surface area contributed by atoms with Gasteiger partial charge in [-0.05, 0) is 30.9 Å². The van der Waals surface area contributed by atoms with E-state index >= 15 is 0 Å². The van der Waals surface area contributed by atoms with Crippen LogP contribution >= 0.6 is 0 Å². The second-order valence-electron chi connectivity index (χ2n) is 4.49. The summed E-state index contributed by atoms with van der Waals surface area (Å²) in [5.74, 6) is 1.85. The number of unbranched alkanes of at least 4 members (excludes halogenated alkanes) is 1. The van der Waals surface area contributed by atoms with Crippen molar-refractivity contribution in [3.8, 4) is 0 Å². The van der Waals surface area contributed by atoms with Crippen molar-refractivity contribution in [2.24, 2.45) is 5.92 Å². The normalized spacial score (nSPS) is 10.7. The summed E-state index contributed by atoms with van der Waals surface area (Å²) < 4.78 is 0. The highest BCUT2D eigenvalue weighted by atomic mass is 15.0. The Morgan fingerprint density at radius 1 is 1.33 bits per heavy atom. The summed E-state index contributed by atoms with van der Waals surface area (Å²) >= 11 is 0. The van der Waals surface area contributed by atoms with E-state index in [1.54, 1.807) is 0 Å². The first kappa shape index (κ1) is 12.0. The number of aromatic nitrogens is 1. The molecule has 0 unspecified atom stereocenters. The minimum absolute atomic E-state index is 0.821. The van der Waals surface area contributed by atoms with E-state index in [2.05, 4.69) is 37.1 Å². The maximum Gasteiger partial charge on any atom is 0.128 e. The molecule has 0 spiro atoms. The number of anilines is 1. The van der Waals surface area contributed by atoms with Crippen molar-refractivity contribution in [1.29, 1.82) is 0 Å². The van der Waals surface area contributed by atoms with Gasteiger partial charge in [0, 0.05) is 12.7 Å². The molecular weight excluding hydrogens is 184 g/mol. The first-order valence-electron chi connectivity index (χ1n) is 5.85. The molecule has 0 aromatic carbocycles. The van der Waals surface area contributed by atoms with E-state index in [1.807, 2.05) is 12.3 Å². The number of pyridine rings is 1. The predicted molar refractivity (Wildman–Crippen MR) is 66.2 cm³/mol. The third kappa shape index (κ3) is 4.82. The molecular formula is C13H22N2. The molecule has 1 rings (SSSR count). The van der Waals surface area contributed by atoms with Crippen LogP contribution in [0.5, 0.6) is 0 Å². The Kier molecular flexibility index (Phi) is 5.16. The number of nitrogens with one attached hydrogen (secondary N) is 1. The molecule has 0 fully saturated rings. The van der Waals surface area contributed by atoms with Gasteiger partial charge in [0.25, 0.3) is 0 Å². The monoisotopic (exact) mass is 206 g/mol. The van der Waals surface area contributed by atoms with E-state index in [1.165, 1.54) is 24.8 Å². The number of aryl methyl sites for hydroxylation is 1. The topological polar surface area (TPSA) is 24.9 Å². The van der Waals surface area contributed by atoms with E-state index in [-0.39, 0.29) is 0 Å². The summed E-state index contributed by atoms with van der Waals surface area (Å²) in [6.07, 6.45) is 5.69. The summed E-state index contributed by atoms with van der Waals surface area (Å²) in [4.78, 5) is 4.30. The highest BCUT2D eigenvalue weighted by Crippen LogP contribution is 2.10. The lowest BCUT2D eigenvalue weighted by molar-refractivity contribution is 0.544. The Hall–Kier alpha value is -1.05. The van der Waals surface area contributed by atoms with Gasteiger partial charge < -0.3 is 5.32 Å². The van der Waals surface area contributed by atoms with Gasteiger partial charge in [-0.3, -0.25) is 0 Å². The van der Waals surface area contributed by atoms with E-state index in [4.69, 9.17) is 0 Å². The maximum atomic E-state index is 4.30. The summed E-state index contributed by atoms with van der Waals surface area (Å²) in [7, 11) is 0. The van der Waals surface area contributed by atoms with Crippen LogP contribution in [0.1, 0.15) is 38.7 Å². The standard InChI is InChI=1S/C13H22N2/c1-11(2)7-4-5-9-14-13-12(3)8-6-10-15-13/h6,8,10-11H,4-5,7,9H2,1-3H3,(H,14,15). The maximum absolute atomic E-state index is 4.30. The Labute approximate surface area is 93.1 Å². The Morgan fingerprint density at radius 3 is 2.80 bits per heavy atom. The van der Waals surface area contributed by atoms with Gasteiger partial charge in [-0.15, -0.1) is 0 Å². The molecule has 1 heterocycles. The first-order chi connectivity index (χ1) is 7.20. The third-order valence-corrected chi connectivity index (χ3v) is 2.51. The molecule has 0 saturated carbocycles. The molecule has 0 aliphatic carbocycles. The molecule has 15 heavy (non-hydrogen) atoms. The number of hydrogen-bond acceptors (Lipinski definition) is 2. The predicted octanol–water partition coefficient (Wildman–Crippen LogP) is 3.63. The van der Waals surface area contributed by atoms with Crippen LogP contribution in [0.15, 0.2) is 18.3 Å². The van der Waals surface area contributed by atoms with Crippen molar-refractivity contribution in [2.75, 3.05) is 11.9 Å². The van der Waals surface area contributed by atoms with Gasteiger partial charge >= 0.3 is 0 Å². The summed E-state index contributed by atoms with van der Waals surface area (Å²) in [6, 6.07) is 4.06. The molecule has 84 valence electrons. The van der Waals surface area contributed by atoms with Gasteiger partial charge in [0.05, 0.1) is 0 Å². The zero-order valence-corrected chi connectivity index (χ0v) is 10.1. The van der Waals surface area contributed by atoms with Crippen LogP contribution in [0.2, 0.25) is 0 Å². The van der Waals surface area contributed by atoms with E-state index in [9.17, 15) is 0 Å². The van der Waals surface area contributed by atoms with E-state index in [0.717, 1.165) is 18.3 Å². The Balaban J connectivity index is 2.18. The number of rotatable bonds is 6. The van der Waals surface area contributed by atoms with Crippen LogP contribution in [0.25, 0.3) is 0 Å². The van der Waals surface area contributed by atoms with Gasteiger partial charge in [-0.1, -0.05) is 32.8 Å². The van der Waals surface area contributed by atoms with Crippen molar-refractivity contribution in [3.05, 3.63) is 23.9 Å². The average Bonchev–Trinajstić information content (AvgIpc) is 2.20. The molecule has 0 atom stereocenters. The third-order valence-electron chi connectivity index (χ3n) is 2.51. The zero-order chi connectivity index (χ0) is 11.1. The van der Waals surface area contributed by atoms with Crippen LogP contribution in [0, 0.1) is 12.8 Å². The lowest BCUT2D eigenvalue weighted by atomic mass is 10.1. The van der Waals surface area contributed by atoms with Crippen molar-refractivity contribution >= 4 is 5.82 Å². The van der Waals surface area contributed by atoms with Crippen LogP contribution < -0.4 is 5.32 Å². The van der Waals surface area contributed by atoms with Crippen LogP contribution in [-0.4, -0.2) is 11.5 Å². The lowest BCUT2D eigenvalue weighted by Gasteiger charge is -2.08. The highest BCUT2D eigenvalue weighted by molar-refractivity contribution is 5.42. The quantitative estimate of drug-likeness (QED) is 0.719. The molecule has 0 radical (unpaired) electrons. The van der Waals surface area contributed by atoms with Gasteiger partial charge in [0.2, 0.25) is 0 Å². The molecule has 0 amide bonds. The summed E-state index contributed by atoms with van der Waals surface area (Å²) in [6.45, 7) is 7.67. The molecule has 0 aliphatic heterocycles. The molecule has 1 aromatic rings. The van der Waals surface area contributed by atoms with Crippen LogP contribution in [0.3, 0.4) is 0 Å². The minimum Gasteiger partial charge on any atom is -0.370 e. The van der Waals surface area contributed by atoms with Crippen molar-refractivity contribution < 1.29 is 0 Å². The fraction of sp³-hybridized carbons (Fsp3) is 0.615. The van der Waals surface area contributed by atoms with Gasteiger partial charge in [-0.2, -0.15) is 0 Å². The van der Waals surface area contributed by atoms with Gasteiger partial charge in [0.1, 0.15) is 5.82 Å². The molecule has 0 aliphatic rings. The molecule has 2 nitrogen and oxygen atoms in total. The second kappa shape index (κ2) is 6.44. The van der Waals surface area contributed by atoms with Crippen LogP contribution in [-0.2, 0) is 0 Å². The zero-order valence-electron chi connectivity index (χ0n) is 10.1. The van der Waals surface area contributed by atoms with Gasteiger partial charge in [0.15, 0.2) is 0 Å². The Morgan fingerprint density at radius 2 is 2.13 bits per heavy atom. The SMILES string of the molecule is Cc1cccnc1NCCCCC(C)C. The lowest BCUT2D eigenvalue weighted by Crippen LogP contribution is -2.05. The summed E-state index contributed by atoms with van der Waals surface area (Å²) in [5, 5.41) is 3.38. The second-order valence-corrected chi connectivity index (χ2v) is 4.49. The average molecular weight is 206 g/mol. The first-order valence-corrected chi connectivity index (χ1v) is 5.85. The van der Waals surface area contributed by atoms with Gasteiger partial charge in [-0.25, -0.2) is 4.98 Å². The van der Waals surface area contributed by atoms with Crippen LogP contribution in [0.4, 0.5) is 5.82 Å². The Bertz CT molecular complexity index is 282. The summed E-state index contributed by atoms with van der Waals surface area (Å²) in [5.41, 5.74) is 1.22. The van der Waals surface area contributed by atoms with E-state index < -0.39 is 0 Å². The smallest absolute Gasteiger partial charge is 0.128 e. The number of hydrogen-bond donors (Lipinski definition) is 1. The van der Waals surface area contributed by atoms with Crippen molar-refractivity contribution in [2.45, 2.75) is 40.0 Å². The fourth-order valence-electron chi connectivity index (χ4n) is 1.56. The largest absolute Gasteiger partial charge is 0.370 e. The molecule has 0 saturated heterocycles. The highest BCUT2D eigenvalue weighted by Gasteiger charge is 1.97. The minimum atomic E-state index is 0.821. The molecule has 1 N–H and O–H groups in total. The molecule has 1 aromatic heterocycles. The molecule has 2 heteroatoms. The van der Waals surface area contributed by atoms with Crippen molar-refractivity contribution in [3.63, 3.8) is 0 Å². The van der Waals surface area contributed by atoms with E-state index in [0.29, 0.717) is 0 Å². The fourth-order valence-corrected chi connectivity index (χ4v) is 1.56.